The zero-order chi connectivity index (χ0) is 14.2. The lowest BCUT2D eigenvalue weighted by atomic mass is 10.0. The molecule has 0 amide bonds. The summed E-state index contributed by atoms with van der Waals surface area (Å²) in [6.07, 6.45) is 0. The van der Waals surface area contributed by atoms with Crippen molar-refractivity contribution in [3.8, 4) is 0 Å². The van der Waals surface area contributed by atoms with Crippen molar-refractivity contribution in [3.63, 3.8) is 0 Å². The van der Waals surface area contributed by atoms with Crippen LogP contribution in [-0.2, 0) is 0 Å². The Hall–Kier alpha value is 0.460. The Morgan fingerprint density at radius 1 is 0.947 bits per heavy atom. The van der Waals surface area contributed by atoms with Crippen molar-refractivity contribution in [1.29, 1.82) is 0 Å². The summed E-state index contributed by atoms with van der Waals surface area (Å²) < 4.78 is 2.85. The average Bonchev–Trinajstić information content (AvgIpc) is 2.36. The van der Waals surface area contributed by atoms with Crippen molar-refractivity contribution in [1.82, 2.24) is 0 Å². The quantitative estimate of drug-likeness (QED) is 0.391. The van der Waals surface area contributed by atoms with Crippen molar-refractivity contribution in [2.75, 3.05) is 0 Å². The highest BCUT2D eigenvalue weighted by molar-refractivity contribution is 9.11. The van der Waals surface area contributed by atoms with Crippen LogP contribution >= 0.6 is 71.0 Å². The van der Waals surface area contributed by atoms with Gasteiger partial charge in [0.2, 0.25) is 0 Å². The molecule has 0 nitrogen and oxygen atoms in total. The molecule has 0 radical (unpaired) electrons. The van der Waals surface area contributed by atoms with Crippen LogP contribution in [-0.4, -0.2) is 0 Å². The molecule has 0 saturated heterocycles. The maximum absolute atomic E-state index is 6.58. The summed E-state index contributed by atoms with van der Waals surface area (Å²) >= 11 is 23.4. The van der Waals surface area contributed by atoms with E-state index in [0.29, 0.717) is 5.02 Å². The predicted octanol–water partition coefficient (Wildman–Crippen LogP) is 7.26. The molecule has 1 unspecified atom stereocenters. The highest BCUT2D eigenvalue weighted by Gasteiger charge is 2.19. The number of hydrogen-bond acceptors (Lipinski definition) is 0. The minimum absolute atomic E-state index is 0.309. The molecule has 0 N–H and O–H groups in total. The van der Waals surface area contributed by atoms with Crippen LogP contribution in [0.2, 0.25) is 5.02 Å². The first-order valence-electron chi connectivity index (χ1n) is 5.45. The molecule has 1 atom stereocenters. The van der Waals surface area contributed by atoms with E-state index in [0.717, 1.165) is 30.1 Å². The van der Waals surface area contributed by atoms with Gasteiger partial charge in [-0.3, -0.25) is 0 Å². The number of benzene rings is 2. The summed E-state index contributed by atoms with van der Waals surface area (Å²) in [6, 6.07) is 9.83. The molecular weight excluding hydrogens is 479 g/mol. The van der Waals surface area contributed by atoms with Crippen molar-refractivity contribution in [3.05, 3.63) is 65.5 Å². The number of hydrogen-bond donors (Lipinski definition) is 0. The first-order valence-corrected chi connectivity index (χ1v) is 8.64. The van der Waals surface area contributed by atoms with E-state index in [1.165, 1.54) is 0 Å². The highest BCUT2D eigenvalue weighted by Crippen LogP contribution is 2.41. The summed E-state index contributed by atoms with van der Waals surface area (Å²) in [7, 11) is 0. The smallest absolute Gasteiger partial charge is 0.0861 e. The van der Waals surface area contributed by atoms with Gasteiger partial charge in [-0.1, -0.05) is 55.6 Å². The second kappa shape index (κ2) is 6.48. The Morgan fingerprint density at radius 2 is 1.63 bits per heavy atom. The number of alkyl halides is 1. The summed E-state index contributed by atoms with van der Waals surface area (Å²) in [6.45, 7) is 2.04. The molecule has 100 valence electrons. The van der Waals surface area contributed by atoms with Gasteiger partial charge in [-0.05, 0) is 57.7 Å². The van der Waals surface area contributed by atoms with E-state index in [1.807, 2.05) is 37.3 Å². The lowest BCUT2D eigenvalue weighted by Crippen LogP contribution is -1.97. The Kier molecular flexibility index (Phi) is 5.41. The number of rotatable bonds is 2. The summed E-state index contributed by atoms with van der Waals surface area (Å²) in [5.74, 6) is 0. The molecule has 0 heterocycles. The molecule has 5 heteroatoms. The van der Waals surface area contributed by atoms with Crippen molar-refractivity contribution in [2.24, 2.45) is 0 Å². The van der Waals surface area contributed by atoms with Crippen LogP contribution in [0.1, 0.15) is 22.1 Å². The normalized spacial score (nSPS) is 12.5. The highest BCUT2D eigenvalue weighted by atomic mass is 79.9. The van der Waals surface area contributed by atoms with Crippen molar-refractivity contribution in [2.45, 2.75) is 12.3 Å². The van der Waals surface area contributed by atoms with E-state index in [9.17, 15) is 0 Å². The zero-order valence-corrected chi connectivity index (χ0v) is 16.1. The summed E-state index contributed by atoms with van der Waals surface area (Å²) in [5, 5.41) is 0.336. The predicted molar refractivity (Wildman–Crippen MR) is 93.4 cm³/mol. The molecule has 0 bridgehead atoms. The lowest BCUT2D eigenvalue weighted by Gasteiger charge is -2.16. The van der Waals surface area contributed by atoms with Crippen molar-refractivity contribution >= 4 is 71.0 Å². The van der Waals surface area contributed by atoms with E-state index in [4.69, 9.17) is 23.2 Å². The minimum Gasteiger partial charge on any atom is -0.112 e. The topological polar surface area (TPSA) is 0 Å². The van der Waals surface area contributed by atoms with E-state index in [-0.39, 0.29) is 5.38 Å². The third-order valence-corrected chi connectivity index (χ3v) is 6.13. The fourth-order valence-electron chi connectivity index (χ4n) is 1.74. The largest absolute Gasteiger partial charge is 0.112 e. The molecule has 0 aliphatic rings. The van der Waals surface area contributed by atoms with Gasteiger partial charge in [0.1, 0.15) is 0 Å². The standard InChI is InChI=1S/C14H9Br3Cl2/c1-7-5-12(17)9(6-11(7)16)13(18)8-3-2-4-10(15)14(8)19/h2-6,13H,1H3. The molecule has 0 saturated carbocycles. The van der Waals surface area contributed by atoms with Crippen LogP contribution in [0.5, 0.6) is 0 Å². The number of aryl methyl sites for hydroxylation is 1. The zero-order valence-electron chi connectivity index (χ0n) is 9.85. The molecule has 0 aliphatic heterocycles. The van der Waals surface area contributed by atoms with E-state index in [1.54, 1.807) is 0 Å². The Labute approximate surface area is 147 Å². The van der Waals surface area contributed by atoms with Crippen LogP contribution < -0.4 is 0 Å². The molecule has 2 aromatic carbocycles. The Balaban J connectivity index is 2.53. The summed E-state index contributed by atoms with van der Waals surface area (Å²) in [4.78, 5) is 0. The lowest BCUT2D eigenvalue weighted by molar-refractivity contribution is 1.12. The van der Waals surface area contributed by atoms with Gasteiger partial charge in [0.15, 0.2) is 0 Å². The minimum atomic E-state index is -0.309. The van der Waals surface area contributed by atoms with Crippen LogP contribution in [0.4, 0.5) is 0 Å². The third-order valence-electron chi connectivity index (χ3n) is 2.81. The van der Waals surface area contributed by atoms with Gasteiger partial charge < -0.3 is 0 Å². The Morgan fingerprint density at radius 3 is 2.32 bits per heavy atom. The molecule has 0 aromatic heterocycles. The van der Waals surface area contributed by atoms with E-state index in [2.05, 4.69) is 47.8 Å². The molecule has 0 spiro atoms. The monoisotopic (exact) mass is 484 g/mol. The average molecular weight is 488 g/mol. The maximum atomic E-state index is 6.58. The van der Waals surface area contributed by atoms with Crippen LogP contribution in [0, 0.1) is 6.92 Å². The SMILES string of the molecule is Cc1cc(Br)c(C(Cl)c2cccc(Br)c2Cl)cc1Br. The van der Waals surface area contributed by atoms with Crippen molar-refractivity contribution < 1.29 is 0 Å². The molecule has 19 heavy (non-hydrogen) atoms. The Bertz CT molecular complexity index is 626. The van der Waals surface area contributed by atoms with Gasteiger partial charge in [-0.25, -0.2) is 0 Å². The molecule has 0 aliphatic carbocycles. The van der Waals surface area contributed by atoms with E-state index >= 15 is 0 Å². The molecule has 2 rings (SSSR count). The van der Waals surface area contributed by atoms with Crippen LogP contribution in [0.15, 0.2) is 43.7 Å². The van der Waals surface area contributed by atoms with Crippen LogP contribution in [0.25, 0.3) is 0 Å². The first kappa shape index (κ1) is 15.8. The first-order chi connectivity index (χ1) is 8.91. The van der Waals surface area contributed by atoms with Crippen LogP contribution in [0.3, 0.4) is 0 Å². The van der Waals surface area contributed by atoms with E-state index < -0.39 is 0 Å². The molecular formula is C14H9Br3Cl2. The van der Waals surface area contributed by atoms with Gasteiger partial charge >= 0.3 is 0 Å². The third kappa shape index (κ3) is 3.38. The van der Waals surface area contributed by atoms with Gasteiger partial charge in [-0.2, -0.15) is 0 Å². The van der Waals surface area contributed by atoms with Gasteiger partial charge in [-0.15, -0.1) is 11.6 Å². The second-order valence-corrected chi connectivity index (χ2v) is 7.51. The fraction of sp³-hybridized carbons (Fsp3) is 0.143. The summed E-state index contributed by atoms with van der Waals surface area (Å²) in [5.41, 5.74) is 3.02. The molecule has 2 aromatic rings. The van der Waals surface area contributed by atoms with Gasteiger partial charge in [0.05, 0.1) is 10.4 Å². The maximum Gasteiger partial charge on any atom is 0.0861 e. The second-order valence-electron chi connectivity index (χ2n) is 4.13. The van der Waals surface area contributed by atoms with Gasteiger partial charge in [0.25, 0.3) is 0 Å². The molecule has 0 fully saturated rings. The number of halogens is 5. The fourth-order valence-corrected chi connectivity index (χ4v) is 3.95. The van der Waals surface area contributed by atoms with Gasteiger partial charge in [0, 0.05) is 13.4 Å².